The van der Waals surface area contributed by atoms with Crippen LogP contribution >= 0.6 is 11.3 Å². The molecule has 0 unspecified atom stereocenters. The number of hydrogen-bond donors (Lipinski definition) is 2. The molecule has 2 heterocycles. The second-order valence-electron chi connectivity index (χ2n) is 10.2. The summed E-state index contributed by atoms with van der Waals surface area (Å²) in [4.78, 5) is 45.4. The Bertz CT molecular complexity index is 947. The van der Waals surface area contributed by atoms with Gasteiger partial charge in [0.15, 0.2) is 5.78 Å². The average Bonchev–Trinajstić information content (AvgIpc) is 3.16. The molecule has 1 spiro atoms. The molecule has 33 heavy (non-hydrogen) atoms. The summed E-state index contributed by atoms with van der Waals surface area (Å²) in [7, 11) is 0. The predicted molar refractivity (Wildman–Crippen MR) is 127 cm³/mol. The SMILES string of the molecule is CC(=O)c1cnc(CNC(=O)[C@H]2[C@H](C(=O)NCCCCN3CCCC3)[C@H]3C=C[C@@H]2C32CC2)s1. The van der Waals surface area contributed by atoms with Crippen molar-refractivity contribution >= 4 is 28.9 Å². The molecular weight excluding hydrogens is 436 g/mol. The maximum atomic E-state index is 13.3. The van der Waals surface area contributed by atoms with Crippen molar-refractivity contribution in [3.05, 3.63) is 28.2 Å². The number of nitrogens with zero attached hydrogens (tertiary/aromatic N) is 2. The third-order valence-electron chi connectivity index (χ3n) is 8.16. The first-order chi connectivity index (χ1) is 16.0. The van der Waals surface area contributed by atoms with E-state index in [9.17, 15) is 14.4 Å². The fourth-order valence-electron chi connectivity index (χ4n) is 6.34. The van der Waals surface area contributed by atoms with Gasteiger partial charge in [-0.25, -0.2) is 4.98 Å². The van der Waals surface area contributed by atoms with Gasteiger partial charge < -0.3 is 15.5 Å². The Hall–Kier alpha value is -2.06. The quantitative estimate of drug-likeness (QED) is 0.312. The van der Waals surface area contributed by atoms with Gasteiger partial charge in [0.2, 0.25) is 11.8 Å². The van der Waals surface area contributed by atoms with Crippen LogP contribution in [0.25, 0.3) is 0 Å². The van der Waals surface area contributed by atoms with E-state index in [1.54, 1.807) is 6.20 Å². The van der Waals surface area contributed by atoms with Gasteiger partial charge >= 0.3 is 0 Å². The highest BCUT2D eigenvalue weighted by Crippen LogP contribution is 2.72. The molecule has 0 aromatic carbocycles. The maximum Gasteiger partial charge on any atom is 0.224 e. The topological polar surface area (TPSA) is 91.4 Å². The summed E-state index contributed by atoms with van der Waals surface area (Å²) >= 11 is 1.31. The zero-order valence-electron chi connectivity index (χ0n) is 19.3. The Labute approximate surface area is 199 Å². The third kappa shape index (κ3) is 4.39. The molecule has 1 saturated heterocycles. The van der Waals surface area contributed by atoms with E-state index >= 15 is 0 Å². The minimum atomic E-state index is -0.320. The smallest absolute Gasteiger partial charge is 0.224 e. The van der Waals surface area contributed by atoms with Crippen molar-refractivity contribution in [1.82, 2.24) is 20.5 Å². The van der Waals surface area contributed by atoms with E-state index in [0.717, 1.165) is 32.2 Å². The molecule has 2 saturated carbocycles. The number of amides is 2. The second kappa shape index (κ2) is 9.29. The summed E-state index contributed by atoms with van der Waals surface area (Å²) in [6, 6.07) is 0. The molecule has 2 N–H and O–H groups in total. The van der Waals surface area contributed by atoms with Crippen LogP contribution in [0.15, 0.2) is 18.3 Å². The highest BCUT2D eigenvalue weighted by molar-refractivity contribution is 7.13. The van der Waals surface area contributed by atoms with Gasteiger partial charge in [0.25, 0.3) is 0 Å². The fraction of sp³-hybridized carbons (Fsp3) is 0.680. The number of aromatic nitrogens is 1. The Morgan fingerprint density at radius 1 is 1.06 bits per heavy atom. The van der Waals surface area contributed by atoms with Crippen molar-refractivity contribution in [2.24, 2.45) is 29.1 Å². The number of thiazole rings is 1. The van der Waals surface area contributed by atoms with E-state index < -0.39 is 0 Å². The zero-order valence-corrected chi connectivity index (χ0v) is 20.2. The standard InChI is InChI=1S/C25H34N4O3S/c1-16(30)19-14-27-20(33-19)15-28-24(32)22-18-7-6-17(25(18)8-9-25)21(22)23(31)26-10-2-3-11-29-12-4-5-13-29/h6-7,14,17-18,21-22H,2-5,8-13,15H2,1H3,(H,26,31)(H,28,32)/t17-,18+,21-,22-/m1/s1. The highest BCUT2D eigenvalue weighted by atomic mass is 32.1. The van der Waals surface area contributed by atoms with Crippen LogP contribution in [-0.4, -0.2) is 53.7 Å². The summed E-state index contributed by atoms with van der Waals surface area (Å²) in [6.45, 7) is 6.02. The van der Waals surface area contributed by atoms with Crippen LogP contribution in [0.4, 0.5) is 0 Å². The lowest BCUT2D eigenvalue weighted by Crippen LogP contribution is -2.44. The van der Waals surface area contributed by atoms with Crippen LogP contribution in [0.5, 0.6) is 0 Å². The van der Waals surface area contributed by atoms with Crippen LogP contribution in [0, 0.1) is 29.1 Å². The monoisotopic (exact) mass is 470 g/mol. The first kappa shape index (κ1) is 22.7. The molecule has 7 nitrogen and oxygen atoms in total. The number of likely N-dealkylation sites (tertiary alicyclic amines) is 1. The van der Waals surface area contributed by atoms with Crippen molar-refractivity contribution < 1.29 is 14.4 Å². The lowest BCUT2D eigenvalue weighted by atomic mass is 9.81. The van der Waals surface area contributed by atoms with E-state index in [0.29, 0.717) is 23.0 Å². The molecule has 2 amide bonds. The molecule has 3 fully saturated rings. The zero-order chi connectivity index (χ0) is 23.0. The Morgan fingerprint density at radius 3 is 2.33 bits per heavy atom. The van der Waals surface area contributed by atoms with Crippen LogP contribution < -0.4 is 10.6 Å². The van der Waals surface area contributed by atoms with Crippen molar-refractivity contribution in [1.29, 1.82) is 0 Å². The summed E-state index contributed by atoms with van der Waals surface area (Å²) in [6.07, 6.45) is 12.8. The van der Waals surface area contributed by atoms with Gasteiger partial charge in [-0.2, -0.15) is 0 Å². The molecule has 1 aromatic heterocycles. The fourth-order valence-corrected chi connectivity index (χ4v) is 7.09. The van der Waals surface area contributed by atoms with Crippen LogP contribution in [0.1, 0.15) is 60.1 Å². The van der Waals surface area contributed by atoms with Crippen molar-refractivity contribution in [3.63, 3.8) is 0 Å². The van der Waals surface area contributed by atoms with Crippen LogP contribution in [0.2, 0.25) is 0 Å². The van der Waals surface area contributed by atoms with Gasteiger partial charge in [-0.3, -0.25) is 14.4 Å². The Morgan fingerprint density at radius 2 is 1.73 bits per heavy atom. The number of ketones is 1. The summed E-state index contributed by atoms with van der Waals surface area (Å²) < 4.78 is 0. The normalized spacial score (nSPS) is 29.0. The van der Waals surface area contributed by atoms with Gasteiger partial charge in [0.05, 0.1) is 23.3 Å². The molecule has 0 radical (unpaired) electrons. The number of carbonyl (C=O) groups excluding carboxylic acids is 3. The molecule has 3 aliphatic carbocycles. The lowest BCUT2D eigenvalue weighted by molar-refractivity contribution is -0.135. The molecule has 4 atom stereocenters. The van der Waals surface area contributed by atoms with Crippen molar-refractivity contribution in [3.8, 4) is 0 Å². The minimum absolute atomic E-state index is 0.0174. The molecule has 1 aliphatic heterocycles. The molecule has 2 bridgehead atoms. The number of nitrogens with one attached hydrogen (secondary N) is 2. The number of hydrogen-bond acceptors (Lipinski definition) is 6. The lowest BCUT2D eigenvalue weighted by Gasteiger charge is -2.26. The number of Topliss-reactive ketones (excluding diaryl/α,β-unsaturated/α-hetero) is 1. The van der Waals surface area contributed by atoms with E-state index in [1.165, 1.54) is 44.2 Å². The number of allylic oxidation sites excluding steroid dienone is 2. The number of carbonyl (C=O) groups is 3. The summed E-state index contributed by atoms with van der Waals surface area (Å²) in [5.41, 5.74) is 0.128. The van der Waals surface area contributed by atoms with E-state index in [4.69, 9.17) is 0 Å². The molecule has 1 aromatic rings. The number of unbranched alkanes of at least 4 members (excludes halogenated alkanes) is 1. The number of rotatable bonds is 10. The molecule has 5 rings (SSSR count). The average molecular weight is 471 g/mol. The van der Waals surface area contributed by atoms with Crippen LogP contribution in [-0.2, 0) is 16.1 Å². The van der Waals surface area contributed by atoms with Crippen molar-refractivity contribution in [2.45, 2.75) is 52.0 Å². The van der Waals surface area contributed by atoms with Gasteiger partial charge in [-0.15, -0.1) is 11.3 Å². The molecule has 8 heteroatoms. The van der Waals surface area contributed by atoms with E-state index in [2.05, 4.69) is 32.7 Å². The van der Waals surface area contributed by atoms with Crippen molar-refractivity contribution in [2.75, 3.05) is 26.2 Å². The minimum Gasteiger partial charge on any atom is -0.356 e. The molecule has 178 valence electrons. The van der Waals surface area contributed by atoms with Gasteiger partial charge in [0, 0.05) is 19.7 Å². The van der Waals surface area contributed by atoms with E-state index in [-0.39, 0.29) is 46.7 Å². The summed E-state index contributed by atoms with van der Waals surface area (Å²) in [5, 5.41) is 6.89. The molecule has 4 aliphatic rings. The van der Waals surface area contributed by atoms with Gasteiger partial charge in [0.1, 0.15) is 5.01 Å². The first-order valence-corrected chi connectivity index (χ1v) is 13.2. The van der Waals surface area contributed by atoms with Crippen LogP contribution in [0.3, 0.4) is 0 Å². The Kier molecular flexibility index (Phi) is 6.40. The van der Waals surface area contributed by atoms with E-state index in [1.807, 2.05) is 0 Å². The third-order valence-corrected chi connectivity index (χ3v) is 9.26. The largest absolute Gasteiger partial charge is 0.356 e. The second-order valence-corrected chi connectivity index (χ2v) is 11.3. The predicted octanol–water partition coefficient (Wildman–Crippen LogP) is 2.78. The highest BCUT2D eigenvalue weighted by Gasteiger charge is 2.69. The van der Waals surface area contributed by atoms with Gasteiger partial charge in [-0.05, 0) is 75.4 Å². The molecular formula is C25H34N4O3S. The Balaban J connectivity index is 1.17. The maximum absolute atomic E-state index is 13.3. The summed E-state index contributed by atoms with van der Waals surface area (Å²) in [5.74, 6) is -0.329. The van der Waals surface area contributed by atoms with Gasteiger partial charge in [-0.1, -0.05) is 12.2 Å². The first-order valence-electron chi connectivity index (χ1n) is 12.4.